The number of nitrogens with zero attached hydrogens (tertiary/aromatic N) is 8. The van der Waals surface area contributed by atoms with Crippen LogP contribution in [0, 0.1) is 5.92 Å². The number of aryl methyl sites for hydroxylation is 2. The second-order valence-corrected chi connectivity index (χ2v) is 10.4. The summed E-state index contributed by atoms with van der Waals surface area (Å²) in [4.78, 5) is 4.92. The molecule has 42 heavy (non-hydrogen) atoms. The third-order valence-corrected chi connectivity index (χ3v) is 8.10. The van der Waals surface area contributed by atoms with Crippen LogP contribution in [0.15, 0.2) is 60.8 Å². The van der Waals surface area contributed by atoms with Crippen LogP contribution >= 0.6 is 0 Å². The lowest BCUT2D eigenvalue weighted by Crippen LogP contribution is -2.26. The highest BCUT2D eigenvalue weighted by Crippen LogP contribution is 2.43. The minimum atomic E-state index is -2.72. The largest absolute Gasteiger partial charge is 0.478 e. The van der Waals surface area contributed by atoms with Crippen molar-refractivity contribution in [2.45, 2.75) is 18.9 Å². The molecule has 4 aromatic heterocycles. The first-order chi connectivity index (χ1) is 22.9. The second kappa shape index (κ2) is 10.6. The summed E-state index contributed by atoms with van der Waals surface area (Å²) in [6.45, 7) is 1.26. The Labute approximate surface area is 251 Å². The highest BCUT2D eigenvalue weighted by Gasteiger charge is 2.31. The first-order valence-corrected chi connectivity index (χ1v) is 13.6. The predicted molar refractivity (Wildman–Crippen MR) is 158 cm³/mol. The third-order valence-electron chi connectivity index (χ3n) is 8.10. The third kappa shape index (κ3) is 4.19. The lowest BCUT2D eigenvalue weighted by Gasteiger charge is -2.33. The fourth-order valence-electron chi connectivity index (χ4n) is 6.23. The zero-order chi connectivity index (χ0) is 33.8. The topological polar surface area (TPSA) is 107 Å². The number of pyridine rings is 1. The number of fused-ring (bicyclic) bond motifs is 3. The molecule has 0 spiro atoms. The van der Waals surface area contributed by atoms with Crippen molar-refractivity contribution in [1.82, 2.24) is 39.5 Å². The lowest BCUT2D eigenvalue weighted by molar-refractivity contribution is 0.0553. The Morgan fingerprint density at radius 1 is 0.857 bits per heavy atom. The molecule has 1 atom stereocenters. The summed E-state index contributed by atoms with van der Waals surface area (Å²) in [7, 11) is -2.10. The van der Waals surface area contributed by atoms with E-state index in [0.717, 1.165) is 40.3 Å². The van der Waals surface area contributed by atoms with Gasteiger partial charge in [0.15, 0.2) is 0 Å². The molecule has 6 aromatic rings. The average molecular weight is 571 g/mol. The summed E-state index contributed by atoms with van der Waals surface area (Å²) in [6.07, 6.45) is 3.32. The van der Waals surface area contributed by atoms with Crippen LogP contribution in [0.4, 0.5) is 0 Å². The SMILES string of the molecule is [2H]C([2H])([2H])Oc1nnn(C)c1-c1ccc2c3ncc(-c4c(OC([2H])([2H])[2H])nnn4C)cc3n([C@H](c3ccccc3)C3CCOCC3)c2c1. The van der Waals surface area contributed by atoms with Crippen molar-refractivity contribution in [1.29, 1.82) is 0 Å². The van der Waals surface area contributed by atoms with E-state index >= 15 is 0 Å². The molecular weight excluding hydrogens is 532 g/mol. The first-order valence-electron chi connectivity index (χ1n) is 16.6. The van der Waals surface area contributed by atoms with E-state index in [-0.39, 0.29) is 23.7 Å². The van der Waals surface area contributed by atoms with Crippen molar-refractivity contribution in [2.75, 3.05) is 27.3 Å². The predicted octanol–water partition coefficient (Wildman–Crippen LogP) is 4.81. The van der Waals surface area contributed by atoms with Crippen molar-refractivity contribution in [3.63, 3.8) is 0 Å². The Bertz CT molecular complexity index is 1980. The van der Waals surface area contributed by atoms with Crippen molar-refractivity contribution >= 4 is 21.9 Å². The van der Waals surface area contributed by atoms with Gasteiger partial charge >= 0.3 is 0 Å². The molecule has 1 aliphatic heterocycles. The van der Waals surface area contributed by atoms with Gasteiger partial charge in [-0.2, -0.15) is 0 Å². The Morgan fingerprint density at radius 2 is 1.52 bits per heavy atom. The van der Waals surface area contributed by atoms with Crippen molar-refractivity contribution in [2.24, 2.45) is 20.0 Å². The molecular formula is C31H32N8O3. The fraction of sp³-hybridized carbons (Fsp3) is 0.323. The summed E-state index contributed by atoms with van der Waals surface area (Å²) in [5, 5.41) is 16.9. The summed E-state index contributed by atoms with van der Waals surface area (Å²) in [5.41, 5.74) is 5.47. The standard InChI is InChI=1S/C31H32N8O3/c1-37-28(30(40-3)33-35-37)21-10-11-23-24(16-21)39(27(19-8-6-5-7-9-19)20-12-14-42-15-13-20)25-17-22(18-32-26(23)25)29-31(41-4)34-36-38(29)2/h5-11,16-18,20,27H,12-15H2,1-4H3/t27-/m1/s1/i3D3,4D3. The number of ether oxygens (including phenoxy) is 3. The number of hydrogen-bond donors (Lipinski definition) is 0. The average Bonchev–Trinajstić information content (AvgIpc) is 3.68. The van der Waals surface area contributed by atoms with Gasteiger partial charge in [-0.3, -0.25) is 4.98 Å². The molecule has 1 fully saturated rings. The van der Waals surface area contributed by atoms with Gasteiger partial charge in [0, 0.05) is 50.0 Å². The van der Waals surface area contributed by atoms with Crippen LogP contribution in [-0.4, -0.2) is 66.8 Å². The van der Waals surface area contributed by atoms with Crippen LogP contribution in [0.1, 0.15) is 32.7 Å². The highest BCUT2D eigenvalue weighted by atomic mass is 16.5. The molecule has 0 bridgehead atoms. The Morgan fingerprint density at radius 3 is 2.21 bits per heavy atom. The minimum absolute atomic E-state index is 0.102. The minimum Gasteiger partial charge on any atom is -0.478 e. The molecule has 2 aromatic carbocycles. The molecule has 0 saturated carbocycles. The zero-order valence-corrected chi connectivity index (χ0v) is 23.1. The van der Waals surface area contributed by atoms with E-state index in [2.05, 4.69) is 37.3 Å². The van der Waals surface area contributed by atoms with Gasteiger partial charge in [-0.15, -0.1) is 0 Å². The molecule has 0 radical (unpaired) electrons. The van der Waals surface area contributed by atoms with Crippen LogP contribution < -0.4 is 9.47 Å². The van der Waals surface area contributed by atoms with Gasteiger partial charge in [-0.25, -0.2) is 9.36 Å². The lowest BCUT2D eigenvalue weighted by atomic mass is 9.86. The molecule has 5 heterocycles. The van der Waals surface area contributed by atoms with Crippen molar-refractivity contribution in [3.8, 4) is 34.3 Å². The fourth-order valence-corrected chi connectivity index (χ4v) is 6.23. The maximum Gasteiger partial charge on any atom is 0.261 e. The maximum absolute atomic E-state index is 7.66. The highest BCUT2D eigenvalue weighted by molar-refractivity contribution is 6.08. The number of rotatable bonds is 7. The summed E-state index contributed by atoms with van der Waals surface area (Å²) < 4.78 is 67.4. The Kier molecular flexibility index (Phi) is 5.07. The summed E-state index contributed by atoms with van der Waals surface area (Å²) in [5.74, 6) is -0.0273. The molecule has 214 valence electrons. The van der Waals surface area contributed by atoms with Gasteiger partial charge in [0.1, 0.15) is 11.4 Å². The first kappa shape index (κ1) is 20.2. The van der Waals surface area contributed by atoms with Crippen LogP contribution in [0.3, 0.4) is 0 Å². The van der Waals surface area contributed by atoms with E-state index in [0.29, 0.717) is 35.7 Å². The Balaban J connectivity index is 1.51. The van der Waals surface area contributed by atoms with Gasteiger partial charge in [-0.1, -0.05) is 57.0 Å². The van der Waals surface area contributed by atoms with Crippen LogP contribution in [0.5, 0.6) is 11.8 Å². The zero-order valence-electron chi connectivity index (χ0n) is 29.1. The van der Waals surface area contributed by atoms with E-state index in [4.69, 9.17) is 27.4 Å². The van der Waals surface area contributed by atoms with E-state index in [1.54, 1.807) is 20.3 Å². The normalized spacial score (nSPS) is 17.7. The Hall–Kier alpha value is -4.77. The van der Waals surface area contributed by atoms with E-state index in [1.165, 1.54) is 9.36 Å². The number of benzene rings is 2. The van der Waals surface area contributed by atoms with Gasteiger partial charge in [-0.05, 0) is 42.5 Å². The molecule has 0 aliphatic carbocycles. The van der Waals surface area contributed by atoms with E-state index in [1.807, 2.05) is 42.5 Å². The van der Waals surface area contributed by atoms with Gasteiger partial charge in [0.05, 0.1) is 44.9 Å². The molecule has 0 amide bonds. The molecule has 0 N–H and O–H groups in total. The molecule has 1 saturated heterocycles. The van der Waals surface area contributed by atoms with Gasteiger partial charge in [0.25, 0.3) is 11.8 Å². The van der Waals surface area contributed by atoms with Gasteiger partial charge in [0.2, 0.25) is 0 Å². The van der Waals surface area contributed by atoms with Crippen LogP contribution in [0.2, 0.25) is 0 Å². The van der Waals surface area contributed by atoms with E-state index < -0.39 is 14.1 Å². The molecule has 11 heteroatoms. The number of aromatic nitrogens is 8. The van der Waals surface area contributed by atoms with Crippen molar-refractivity contribution in [3.05, 3.63) is 66.4 Å². The van der Waals surface area contributed by atoms with Crippen LogP contribution in [0.25, 0.3) is 44.5 Å². The second-order valence-electron chi connectivity index (χ2n) is 10.4. The quantitative estimate of drug-likeness (QED) is 0.269. The molecule has 1 aliphatic rings. The summed E-state index contributed by atoms with van der Waals surface area (Å²) in [6, 6.07) is 17.8. The monoisotopic (exact) mass is 570 g/mol. The molecule has 11 nitrogen and oxygen atoms in total. The molecule has 7 rings (SSSR count). The smallest absolute Gasteiger partial charge is 0.261 e. The van der Waals surface area contributed by atoms with Crippen molar-refractivity contribution < 1.29 is 22.4 Å². The van der Waals surface area contributed by atoms with E-state index in [9.17, 15) is 0 Å². The summed E-state index contributed by atoms with van der Waals surface area (Å²) >= 11 is 0. The van der Waals surface area contributed by atoms with Gasteiger partial charge < -0.3 is 18.8 Å². The molecule has 0 unspecified atom stereocenters. The van der Waals surface area contributed by atoms with Crippen LogP contribution in [-0.2, 0) is 18.8 Å². The maximum atomic E-state index is 7.66. The number of hydrogen-bond acceptors (Lipinski definition) is 8. The number of methoxy groups -OCH3 is 2.